The van der Waals surface area contributed by atoms with Gasteiger partial charge in [-0.25, -0.2) is 13.5 Å². The second-order valence-corrected chi connectivity index (χ2v) is 5.22. The summed E-state index contributed by atoms with van der Waals surface area (Å²) in [6, 6.07) is 3.76. The molecule has 0 saturated heterocycles. The molecule has 1 fully saturated rings. The molecule has 2 aromatic rings. The standard InChI is InChI=1S/C14H14F2N4O/c1-7-17-14(20(2)19-7)18-13(21)10-6-9(10)8-3-4-11(15)12(16)5-8/h3-5,9-10H,6H2,1-2H3,(H,17,18,19,21)/t9-,10+/m1/s1. The minimum Gasteiger partial charge on any atom is -0.294 e. The maximum Gasteiger partial charge on any atom is 0.230 e. The second-order valence-electron chi connectivity index (χ2n) is 5.22. The van der Waals surface area contributed by atoms with E-state index in [4.69, 9.17) is 0 Å². The molecule has 1 heterocycles. The fraction of sp³-hybridized carbons (Fsp3) is 0.357. The van der Waals surface area contributed by atoms with Crippen LogP contribution in [0.4, 0.5) is 14.7 Å². The van der Waals surface area contributed by atoms with E-state index in [1.54, 1.807) is 14.0 Å². The van der Waals surface area contributed by atoms with Gasteiger partial charge in [-0.2, -0.15) is 10.1 Å². The van der Waals surface area contributed by atoms with Gasteiger partial charge >= 0.3 is 0 Å². The second kappa shape index (κ2) is 4.91. The number of hydrogen-bond donors (Lipinski definition) is 1. The highest BCUT2D eigenvalue weighted by atomic mass is 19.2. The summed E-state index contributed by atoms with van der Waals surface area (Å²) in [5.41, 5.74) is 0.642. The van der Waals surface area contributed by atoms with Crippen LogP contribution in [-0.4, -0.2) is 20.7 Å². The van der Waals surface area contributed by atoms with Crippen LogP contribution in [-0.2, 0) is 11.8 Å². The molecule has 1 aliphatic rings. The molecule has 1 aromatic heterocycles. The van der Waals surface area contributed by atoms with Crippen LogP contribution in [0.2, 0.25) is 0 Å². The zero-order chi connectivity index (χ0) is 15.1. The fourth-order valence-corrected chi connectivity index (χ4v) is 2.42. The minimum atomic E-state index is -0.887. The molecule has 110 valence electrons. The molecule has 0 aliphatic heterocycles. The lowest BCUT2D eigenvalue weighted by atomic mass is 10.1. The number of carbonyl (C=O) groups is 1. The first-order valence-electron chi connectivity index (χ1n) is 6.59. The van der Waals surface area contributed by atoms with E-state index >= 15 is 0 Å². The van der Waals surface area contributed by atoms with Crippen LogP contribution in [0.1, 0.15) is 23.7 Å². The Balaban J connectivity index is 1.68. The fourth-order valence-electron chi connectivity index (χ4n) is 2.42. The summed E-state index contributed by atoms with van der Waals surface area (Å²) in [5, 5.41) is 6.74. The lowest BCUT2D eigenvalue weighted by Gasteiger charge is -2.04. The molecular weight excluding hydrogens is 278 g/mol. The van der Waals surface area contributed by atoms with E-state index in [-0.39, 0.29) is 17.7 Å². The van der Waals surface area contributed by atoms with E-state index in [1.165, 1.54) is 10.7 Å². The van der Waals surface area contributed by atoms with E-state index in [0.29, 0.717) is 23.8 Å². The normalized spacial score (nSPS) is 20.4. The third-order valence-corrected chi connectivity index (χ3v) is 3.60. The number of rotatable bonds is 3. The molecule has 5 nitrogen and oxygen atoms in total. The highest BCUT2D eigenvalue weighted by Crippen LogP contribution is 2.48. The van der Waals surface area contributed by atoms with Gasteiger partial charge in [0.05, 0.1) is 0 Å². The number of nitrogens with one attached hydrogen (secondary N) is 1. The summed E-state index contributed by atoms with van der Waals surface area (Å²) in [6.07, 6.45) is 0.619. The van der Waals surface area contributed by atoms with Gasteiger partial charge in [-0.3, -0.25) is 10.1 Å². The van der Waals surface area contributed by atoms with Crippen LogP contribution < -0.4 is 5.32 Å². The van der Waals surface area contributed by atoms with Crippen molar-refractivity contribution < 1.29 is 13.6 Å². The molecule has 3 rings (SSSR count). The van der Waals surface area contributed by atoms with Crippen molar-refractivity contribution in [2.45, 2.75) is 19.3 Å². The van der Waals surface area contributed by atoms with E-state index in [2.05, 4.69) is 15.4 Å². The Labute approximate surface area is 120 Å². The quantitative estimate of drug-likeness (QED) is 0.943. The smallest absolute Gasteiger partial charge is 0.230 e. The van der Waals surface area contributed by atoms with Gasteiger partial charge in [0.2, 0.25) is 11.9 Å². The molecule has 1 aliphatic carbocycles. The van der Waals surface area contributed by atoms with Crippen molar-refractivity contribution in [3.05, 3.63) is 41.2 Å². The average molecular weight is 292 g/mol. The monoisotopic (exact) mass is 292 g/mol. The summed E-state index contributed by atoms with van der Waals surface area (Å²) in [6.45, 7) is 1.73. The van der Waals surface area contributed by atoms with Crippen LogP contribution in [0.3, 0.4) is 0 Å². The summed E-state index contributed by atoms with van der Waals surface area (Å²) in [7, 11) is 1.69. The Hall–Kier alpha value is -2.31. The predicted octanol–water partition coefficient (Wildman–Crippen LogP) is 2.14. The van der Waals surface area contributed by atoms with E-state index < -0.39 is 11.6 Å². The van der Waals surface area contributed by atoms with Crippen LogP contribution >= 0.6 is 0 Å². The van der Waals surface area contributed by atoms with Crippen molar-refractivity contribution in [3.63, 3.8) is 0 Å². The third kappa shape index (κ3) is 2.63. The van der Waals surface area contributed by atoms with Crippen molar-refractivity contribution in [1.29, 1.82) is 0 Å². The molecule has 0 radical (unpaired) electrons. The maximum atomic E-state index is 13.2. The SMILES string of the molecule is Cc1nc(NC(=O)[C@H]2C[C@@H]2c2ccc(F)c(F)c2)n(C)n1. The van der Waals surface area contributed by atoms with Gasteiger partial charge in [0.1, 0.15) is 5.82 Å². The molecule has 1 amide bonds. The number of nitrogens with zero attached hydrogens (tertiary/aromatic N) is 3. The number of halogens is 2. The van der Waals surface area contributed by atoms with Crippen molar-refractivity contribution in [1.82, 2.24) is 14.8 Å². The van der Waals surface area contributed by atoms with E-state index in [1.807, 2.05) is 0 Å². The molecule has 2 atom stereocenters. The number of amides is 1. The summed E-state index contributed by atoms with van der Waals surface area (Å²) < 4.78 is 27.6. The average Bonchev–Trinajstić information content (AvgIpc) is 3.15. The van der Waals surface area contributed by atoms with Gasteiger partial charge in [0.25, 0.3) is 0 Å². The molecule has 0 unspecified atom stereocenters. The molecule has 0 spiro atoms. The van der Waals surface area contributed by atoms with Gasteiger partial charge in [0, 0.05) is 13.0 Å². The first-order valence-corrected chi connectivity index (χ1v) is 6.59. The Morgan fingerprint density at radius 1 is 1.38 bits per heavy atom. The topological polar surface area (TPSA) is 59.8 Å². The Morgan fingerprint density at radius 2 is 2.14 bits per heavy atom. The number of aromatic nitrogens is 3. The van der Waals surface area contributed by atoms with E-state index in [9.17, 15) is 13.6 Å². The zero-order valence-electron chi connectivity index (χ0n) is 11.6. The Morgan fingerprint density at radius 3 is 2.76 bits per heavy atom. The minimum absolute atomic E-state index is 0.0746. The maximum absolute atomic E-state index is 13.2. The molecule has 1 aromatic carbocycles. The van der Waals surface area contributed by atoms with Gasteiger partial charge in [0.15, 0.2) is 11.6 Å². The summed E-state index contributed by atoms with van der Waals surface area (Å²) in [5.74, 6) is -1.31. The van der Waals surface area contributed by atoms with Gasteiger partial charge in [-0.15, -0.1) is 0 Å². The highest BCUT2D eigenvalue weighted by Gasteiger charge is 2.44. The Kier molecular flexibility index (Phi) is 3.19. The first-order chi connectivity index (χ1) is 9.95. The number of carbonyl (C=O) groups excluding carboxylic acids is 1. The van der Waals surface area contributed by atoms with Crippen molar-refractivity contribution in [2.24, 2.45) is 13.0 Å². The van der Waals surface area contributed by atoms with Gasteiger partial charge in [-0.1, -0.05) is 6.07 Å². The molecule has 1 saturated carbocycles. The van der Waals surface area contributed by atoms with Crippen LogP contribution in [0.25, 0.3) is 0 Å². The van der Waals surface area contributed by atoms with Crippen molar-refractivity contribution in [2.75, 3.05) is 5.32 Å². The molecular formula is C14H14F2N4O. The third-order valence-electron chi connectivity index (χ3n) is 3.60. The first kappa shape index (κ1) is 13.7. The molecule has 0 bridgehead atoms. The lowest BCUT2D eigenvalue weighted by molar-refractivity contribution is -0.117. The molecule has 7 heteroatoms. The van der Waals surface area contributed by atoms with Crippen molar-refractivity contribution >= 4 is 11.9 Å². The number of hydrogen-bond acceptors (Lipinski definition) is 3. The van der Waals surface area contributed by atoms with E-state index in [0.717, 1.165) is 12.1 Å². The van der Waals surface area contributed by atoms with Gasteiger partial charge < -0.3 is 0 Å². The summed E-state index contributed by atoms with van der Waals surface area (Å²) in [4.78, 5) is 16.2. The Bertz CT molecular complexity index is 713. The number of benzene rings is 1. The molecule has 1 N–H and O–H groups in total. The van der Waals surface area contributed by atoms with Crippen LogP contribution in [0.15, 0.2) is 18.2 Å². The van der Waals surface area contributed by atoms with Crippen LogP contribution in [0, 0.1) is 24.5 Å². The molecule has 21 heavy (non-hydrogen) atoms. The van der Waals surface area contributed by atoms with Gasteiger partial charge in [-0.05, 0) is 37.0 Å². The summed E-state index contributed by atoms with van der Waals surface area (Å²) >= 11 is 0. The number of anilines is 1. The van der Waals surface area contributed by atoms with Crippen LogP contribution in [0.5, 0.6) is 0 Å². The largest absolute Gasteiger partial charge is 0.294 e. The zero-order valence-corrected chi connectivity index (χ0v) is 11.6. The lowest BCUT2D eigenvalue weighted by Crippen LogP contribution is -2.17. The van der Waals surface area contributed by atoms with Crippen molar-refractivity contribution in [3.8, 4) is 0 Å². The predicted molar refractivity (Wildman–Crippen MR) is 71.6 cm³/mol. The highest BCUT2D eigenvalue weighted by molar-refractivity contribution is 5.93. The number of aryl methyl sites for hydroxylation is 2.